The zero-order valence-electron chi connectivity index (χ0n) is 45.0. The van der Waals surface area contributed by atoms with Gasteiger partial charge in [0.25, 0.3) is 0 Å². The largest absolute Gasteiger partial charge is 0.457 e. The highest BCUT2D eigenvalue weighted by atomic mass is 79.9. The van der Waals surface area contributed by atoms with Crippen LogP contribution in [0.3, 0.4) is 0 Å². The Bertz CT molecular complexity index is 4430. The SMILES string of the molecule is NC(=O)c1cnc2nc(-c3ccc(Oc4ccc(Cl)cc4)cc3)[nH]c2c1.Nc1ncc(Br)cc1[N+](=O)[O-].O=Cc1ccc(Oc2ccccc2)cc1.[C-]#[N+]c1cnc(N)c(N)c1.[C-]#[N+]c1cnc2nc(-c3ccc(Oc4ccc(Cl)cc4)cc3)[nH]c2c1. The molecule has 12 aromatic rings. The van der Waals surface area contributed by atoms with E-state index in [0.29, 0.717) is 82.7 Å². The average molecular weight is 1260 g/mol. The first-order valence-electron chi connectivity index (χ1n) is 25.2. The van der Waals surface area contributed by atoms with Crippen molar-refractivity contribution in [1.29, 1.82) is 0 Å². The van der Waals surface area contributed by atoms with Crippen molar-refractivity contribution in [2.75, 3.05) is 17.2 Å². The summed E-state index contributed by atoms with van der Waals surface area (Å²) in [6.07, 6.45) is 6.54. The van der Waals surface area contributed by atoms with E-state index in [4.69, 9.17) is 73.5 Å². The lowest BCUT2D eigenvalue weighted by Gasteiger charge is -2.06. The zero-order chi connectivity index (χ0) is 61.8. The predicted molar refractivity (Wildman–Crippen MR) is 337 cm³/mol. The average Bonchev–Trinajstić information content (AvgIpc) is 3.65. The fourth-order valence-corrected chi connectivity index (χ4v) is 7.84. The van der Waals surface area contributed by atoms with Crippen molar-refractivity contribution in [3.63, 3.8) is 0 Å². The Morgan fingerprint density at radius 3 is 1.44 bits per heavy atom. The molecule has 0 aliphatic carbocycles. The maximum absolute atomic E-state index is 11.3. The van der Waals surface area contributed by atoms with Crippen LogP contribution in [0.5, 0.6) is 34.5 Å². The molecule has 6 aromatic heterocycles. The summed E-state index contributed by atoms with van der Waals surface area (Å²) in [4.78, 5) is 68.7. The molecule has 0 saturated heterocycles. The predicted octanol–water partition coefficient (Wildman–Crippen LogP) is 15.2. The second kappa shape index (κ2) is 29.5. The molecule has 0 aliphatic heterocycles. The molecule has 0 saturated carbocycles. The number of carbonyl (C=O) groups is 2. The van der Waals surface area contributed by atoms with E-state index < -0.39 is 10.8 Å². The molecule has 1 amide bonds. The number of fused-ring (bicyclic) bond motifs is 2. The van der Waals surface area contributed by atoms with E-state index in [0.717, 1.165) is 45.9 Å². The number of pyridine rings is 4. The van der Waals surface area contributed by atoms with Crippen LogP contribution in [0, 0.1) is 23.3 Å². The highest BCUT2D eigenvalue weighted by Gasteiger charge is 2.13. The van der Waals surface area contributed by atoms with Crippen molar-refractivity contribution in [1.82, 2.24) is 39.9 Å². The quantitative estimate of drug-likeness (QED) is 0.0303. The second-order valence-electron chi connectivity index (χ2n) is 17.7. The Kier molecular flexibility index (Phi) is 20.8. The van der Waals surface area contributed by atoms with Crippen molar-refractivity contribution in [2.24, 2.45) is 5.73 Å². The van der Waals surface area contributed by atoms with Gasteiger partial charge in [-0.1, -0.05) is 41.4 Å². The number of nitrogens with two attached hydrogens (primary N) is 4. The van der Waals surface area contributed by atoms with Gasteiger partial charge in [0, 0.05) is 62.1 Å². The van der Waals surface area contributed by atoms with Gasteiger partial charge in [-0.25, -0.2) is 39.6 Å². The Morgan fingerprint density at radius 2 is 0.989 bits per heavy atom. The third-order valence-electron chi connectivity index (χ3n) is 11.5. The van der Waals surface area contributed by atoms with Crippen molar-refractivity contribution in [3.05, 3.63) is 259 Å². The number of hydrogen-bond acceptors (Lipinski definition) is 16. The van der Waals surface area contributed by atoms with Gasteiger partial charge in [0.15, 0.2) is 11.3 Å². The maximum Gasteiger partial charge on any atom is 0.312 e. The van der Waals surface area contributed by atoms with Crippen LogP contribution in [-0.4, -0.2) is 57.0 Å². The molecular weight excluding hydrogens is 1220 g/mol. The number of para-hydroxylation sites is 1. The smallest absolute Gasteiger partial charge is 0.312 e. The van der Waals surface area contributed by atoms with Gasteiger partial charge in [0.05, 0.1) is 40.4 Å². The van der Waals surface area contributed by atoms with Gasteiger partial charge >= 0.3 is 5.69 Å². The number of imidazole rings is 2. The van der Waals surface area contributed by atoms with Gasteiger partial charge in [-0.15, -0.1) is 0 Å². The van der Waals surface area contributed by atoms with Gasteiger partial charge in [-0.05, 0) is 168 Å². The lowest BCUT2D eigenvalue weighted by molar-refractivity contribution is -0.384. The fourth-order valence-electron chi connectivity index (χ4n) is 7.26. The molecule has 25 heteroatoms. The molecule has 87 heavy (non-hydrogen) atoms. The molecule has 6 aromatic carbocycles. The lowest BCUT2D eigenvalue weighted by Crippen LogP contribution is -2.10. The number of amides is 1. The van der Waals surface area contributed by atoms with Gasteiger partial charge < -0.3 is 47.1 Å². The number of aromatic amines is 2. The number of nitrogens with zero attached hydrogens (tertiary/aromatic N) is 9. The summed E-state index contributed by atoms with van der Waals surface area (Å²) in [5.41, 5.74) is 27.5. The molecule has 430 valence electrons. The van der Waals surface area contributed by atoms with E-state index in [2.05, 4.69) is 65.5 Å². The first-order chi connectivity index (χ1) is 42.0. The van der Waals surface area contributed by atoms with Gasteiger partial charge in [0.2, 0.25) is 23.1 Å². The van der Waals surface area contributed by atoms with E-state index in [9.17, 15) is 19.7 Å². The molecule has 22 nitrogen and oxygen atoms in total. The number of primary amides is 1. The normalized spacial score (nSPS) is 10.1. The number of hydrogen-bond donors (Lipinski definition) is 6. The van der Waals surface area contributed by atoms with Crippen molar-refractivity contribution in [2.45, 2.75) is 0 Å². The number of carbonyl (C=O) groups excluding carboxylic acids is 2. The summed E-state index contributed by atoms with van der Waals surface area (Å²) < 4.78 is 17.7. The number of nitrogen functional groups attached to an aromatic ring is 3. The molecule has 0 unspecified atom stereocenters. The van der Waals surface area contributed by atoms with Crippen LogP contribution in [0.1, 0.15) is 20.7 Å². The lowest BCUT2D eigenvalue weighted by atomic mass is 10.2. The highest BCUT2D eigenvalue weighted by molar-refractivity contribution is 9.10. The Morgan fingerprint density at radius 1 is 0.563 bits per heavy atom. The van der Waals surface area contributed by atoms with Crippen LogP contribution in [0.2, 0.25) is 10.0 Å². The molecule has 0 radical (unpaired) electrons. The van der Waals surface area contributed by atoms with Crippen molar-refractivity contribution >= 4 is 108 Å². The maximum atomic E-state index is 11.3. The number of halogens is 3. The van der Waals surface area contributed by atoms with Crippen LogP contribution in [-0.2, 0) is 0 Å². The highest BCUT2D eigenvalue weighted by Crippen LogP contribution is 2.30. The number of anilines is 3. The van der Waals surface area contributed by atoms with E-state index in [-0.39, 0.29) is 17.3 Å². The summed E-state index contributed by atoms with van der Waals surface area (Å²) in [6.45, 7) is 13.6. The number of nitrogens with one attached hydrogen (secondary N) is 2. The van der Waals surface area contributed by atoms with Crippen LogP contribution < -0.4 is 37.1 Å². The monoisotopic (exact) mass is 1260 g/mol. The van der Waals surface area contributed by atoms with E-state index >= 15 is 0 Å². The number of ether oxygens (including phenoxy) is 3. The molecule has 6 heterocycles. The molecule has 12 rings (SSSR count). The first kappa shape index (κ1) is 61.3. The topological polar surface area (TPSA) is 327 Å². The zero-order valence-corrected chi connectivity index (χ0v) is 48.1. The van der Waals surface area contributed by atoms with Gasteiger partial charge in [-0.2, -0.15) is 0 Å². The molecule has 0 aliphatic rings. The Balaban J connectivity index is 0.000000149. The third-order valence-corrected chi connectivity index (χ3v) is 12.5. The summed E-state index contributed by atoms with van der Waals surface area (Å²) in [5.74, 6) is 5.37. The molecule has 10 N–H and O–H groups in total. The number of rotatable bonds is 11. The molecule has 0 fully saturated rings. The summed E-state index contributed by atoms with van der Waals surface area (Å²) in [6, 6.07) is 52.1. The minimum atomic E-state index is -0.576. The van der Waals surface area contributed by atoms with E-state index in [1.807, 2.05) is 91.0 Å². The number of H-pyrrole nitrogens is 2. The van der Waals surface area contributed by atoms with Crippen molar-refractivity contribution < 1.29 is 28.7 Å². The van der Waals surface area contributed by atoms with Crippen LogP contribution >= 0.6 is 39.1 Å². The Hall–Kier alpha value is -11.8. The molecule has 0 spiro atoms. The minimum Gasteiger partial charge on any atom is -0.457 e. The van der Waals surface area contributed by atoms with Crippen molar-refractivity contribution in [3.8, 4) is 57.3 Å². The number of aromatic nitrogens is 8. The second-order valence-corrected chi connectivity index (χ2v) is 19.5. The number of aldehydes is 1. The standard InChI is InChI=1S/C19H13ClN4O2.C19H11ClN4O.C13H10O2.C6H6N4.C5H4BrN3O2/c20-13-3-7-15(8-4-13)26-14-5-1-11(2-6-14)18-23-16-9-12(17(21)25)10-22-19(16)24-18;1-21-14-10-17-19(22-11-14)24-18(23-17)12-2-6-15(7-3-12)25-16-8-4-13(20)5-9-16;14-10-11-6-8-13(9-7-11)15-12-4-2-1-3-5-12;1-9-4-2-5(7)6(8)10-3-4;6-3-1-4(9(10)11)5(7)8-2-3/h1-10H,(H2,21,25)(H,22,23,24);2-11H,(H,22,23,24);1-10H;2-3H,7H2,(H2,8,10);1-2H,(H2,7,8). The molecule has 0 atom stereocenters. The summed E-state index contributed by atoms with van der Waals surface area (Å²) >= 11 is 14.8. The molecular formula is C62H44BrCl2N15O7. The van der Waals surface area contributed by atoms with E-state index in [1.165, 1.54) is 36.9 Å². The summed E-state index contributed by atoms with van der Waals surface area (Å²) in [5, 5.41) is 11.6. The minimum absolute atomic E-state index is 0.0711. The van der Waals surface area contributed by atoms with Crippen LogP contribution in [0.15, 0.2) is 205 Å². The Labute approximate surface area is 513 Å². The van der Waals surface area contributed by atoms with Gasteiger partial charge in [-0.3, -0.25) is 19.7 Å². The third kappa shape index (κ3) is 17.6. The van der Waals surface area contributed by atoms with Crippen LogP contribution in [0.25, 0.3) is 54.8 Å². The fraction of sp³-hybridized carbons (Fsp3) is 0. The van der Waals surface area contributed by atoms with Gasteiger partial charge in [0.1, 0.15) is 58.2 Å². The number of benzene rings is 6. The first-order valence-corrected chi connectivity index (χ1v) is 26.8. The number of nitro groups is 1. The summed E-state index contributed by atoms with van der Waals surface area (Å²) in [7, 11) is 0. The molecule has 0 bridgehead atoms. The van der Waals surface area contributed by atoms with Crippen LogP contribution in [0.4, 0.5) is 34.4 Å². The van der Waals surface area contributed by atoms with E-state index in [1.54, 1.807) is 72.8 Å².